The van der Waals surface area contributed by atoms with Gasteiger partial charge in [-0.15, -0.1) is 0 Å². The van der Waals surface area contributed by atoms with E-state index in [1.54, 1.807) is 0 Å². The summed E-state index contributed by atoms with van der Waals surface area (Å²) in [6.45, 7) is 0.666. The molecule has 0 spiro atoms. The average molecular weight is 130 g/mol. The molecule has 1 aliphatic heterocycles. The maximum absolute atomic E-state index is 10.4. The molecule has 0 aromatic rings. The van der Waals surface area contributed by atoms with Crippen LogP contribution in [0.5, 0.6) is 0 Å². The summed E-state index contributed by atoms with van der Waals surface area (Å²) in [6, 6.07) is 0. The van der Waals surface area contributed by atoms with E-state index in [9.17, 15) is 9.90 Å². The van der Waals surface area contributed by atoms with Crippen LogP contribution >= 0.6 is 0 Å². The Balaban J connectivity index is 2.61. The molecule has 4 N–H and O–H groups in total. The Morgan fingerprint density at radius 1 is 1.78 bits per heavy atom. The first kappa shape index (κ1) is 6.51. The van der Waals surface area contributed by atoms with E-state index in [1.807, 2.05) is 0 Å². The summed E-state index contributed by atoms with van der Waals surface area (Å²) in [5.41, 5.74) is 3.46. The van der Waals surface area contributed by atoms with Gasteiger partial charge < -0.3 is 10.8 Å². The minimum absolute atomic E-state index is 0.433. The van der Waals surface area contributed by atoms with Crippen molar-refractivity contribution in [3.63, 3.8) is 0 Å². The smallest absolute Gasteiger partial charge is 0.264 e. The van der Waals surface area contributed by atoms with Crippen LogP contribution in [0.4, 0.5) is 0 Å². The van der Waals surface area contributed by atoms with Crippen LogP contribution in [0.3, 0.4) is 0 Å². The second kappa shape index (κ2) is 1.97. The number of carbonyl (C=O) groups excluding carboxylic acids is 1. The number of amides is 1. The van der Waals surface area contributed by atoms with Gasteiger partial charge in [-0.2, -0.15) is 0 Å². The Hall–Kier alpha value is -0.610. The van der Waals surface area contributed by atoms with Crippen molar-refractivity contribution in [2.75, 3.05) is 6.54 Å². The van der Waals surface area contributed by atoms with Crippen LogP contribution in [-0.4, -0.2) is 23.3 Å². The number of nitrogens with one attached hydrogen (secondary N) is 1. The van der Waals surface area contributed by atoms with Crippen LogP contribution in [0.1, 0.15) is 12.8 Å². The van der Waals surface area contributed by atoms with E-state index in [-0.39, 0.29) is 0 Å². The normalized spacial score (nSPS) is 34.8. The first-order chi connectivity index (χ1) is 4.15. The lowest BCUT2D eigenvalue weighted by Crippen LogP contribution is -2.51. The van der Waals surface area contributed by atoms with E-state index in [0.29, 0.717) is 13.0 Å². The molecule has 1 fully saturated rings. The van der Waals surface area contributed by atoms with E-state index in [2.05, 4.69) is 5.32 Å². The number of nitrogens with two attached hydrogens (primary N) is 1. The standard InChI is InChI=1S/C5H10N2O2/c6-4(8)5(9)2-1-3-7-5/h7,9H,1-3H2,(H2,6,8)/t5-/m0/s1. The summed E-state index contributed by atoms with van der Waals surface area (Å²) in [4.78, 5) is 10.4. The minimum atomic E-state index is -1.42. The third kappa shape index (κ3) is 1.04. The second-order valence-corrected chi connectivity index (χ2v) is 2.25. The highest BCUT2D eigenvalue weighted by molar-refractivity contribution is 5.82. The molecule has 0 saturated carbocycles. The van der Waals surface area contributed by atoms with Crippen molar-refractivity contribution in [1.82, 2.24) is 5.32 Å². The van der Waals surface area contributed by atoms with Crippen molar-refractivity contribution in [2.45, 2.75) is 18.6 Å². The van der Waals surface area contributed by atoms with Gasteiger partial charge in [-0.1, -0.05) is 0 Å². The fraction of sp³-hybridized carbons (Fsp3) is 0.800. The van der Waals surface area contributed by atoms with Crippen LogP contribution in [0.15, 0.2) is 0 Å². The van der Waals surface area contributed by atoms with E-state index < -0.39 is 11.6 Å². The molecule has 1 aliphatic rings. The van der Waals surface area contributed by atoms with Gasteiger partial charge in [0, 0.05) is 6.42 Å². The van der Waals surface area contributed by atoms with Crippen molar-refractivity contribution in [3.05, 3.63) is 0 Å². The highest BCUT2D eigenvalue weighted by atomic mass is 16.3. The lowest BCUT2D eigenvalue weighted by atomic mass is 10.1. The minimum Gasteiger partial charge on any atom is -0.367 e. The number of carbonyl (C=O) groups is 1. The lowest BCUT2D eigenvalue weighted by molar-refractivity contribution is -0.137. The fourth-order valence-electron chi connectivity index (χ4n) is 0.938. The molecule has 52 valence electrons. The average Bonchev–Trinajstić information content (AvgIpc) is 2.16. The van der Waals surface area contributed by atoms with Crippen LogP contribution in [-0.2, 0) is 4.79 Å². The van der Waals surface area contributed by atoms with Crippen LogP contribution in [0.2, 0.25) is 0 Å². The van der Waals surface area contributed by atoms with Gasteiger partial charge in [0.2, 0.25) is 0 Å². The molecule has 0 bridgehead atoms. The molecule has 0 radical (unpaired) electrons. The largest absolute Gasteiger partial charge is 0.367 e. The zero-order valence-electron chi connectivity index (χ0n) is 5.05. The molecular formula is C5H10N2O2. The Morgan fingerprint density at radius 2 is 2.44 bits per heavy atom. The number of rotatable bonds is 1. The first-order valence-corrected chi connectivity index (χ1v) is 2.92. The second-order valence-electron chi connectivity index (χ2n) is 2.25. The molecule has 0 unspecified atom stereocenters. The quantitative estimate of drug-likeness (QED) is 0.406. The van der Waals surface area contributed by atoms with E-state index >= 15 is 0 Å². The molecule has 1 rings (SSSR count). The zero-order valence-corrected chi connectivity index (χ0v) is 5.05. The molecule has 0 aromatic heterocycles. The van der Waals surface area contributed by atoms with E-state index in [1.165, 1.54) is 0 Å². The molecule has 4 nitrogen and oxygen atoms in total. The predicted octanol–water partition coefficient (Wildman–Crippen LogP) is -1.46. The predicted molar refractivity (Wildman–Crippen MR) is 31.4 cm³/mol. The molecule has 1 amide bonds. The van der Waals surface area contributed by atoms with Gasteiger partial charge in [-0.3, -0.25) is 10.1 Å². The molecular weight excluding hydrogens is 120 g/mol. The lowest BCUT2D eigenvalue weighted by Gasteiger charge is -2.16. The Bertz CT molecular complexity index is 129. The van der Waals surface area contributed by atoms with Gasteiger partial charge in [0.05, 0.1) is 0 Å². The van der Waals surface area contributed by atoms with Crippen LogP contribution in [0.25, 0.3) is 0 Å². The van der Waals surface area contributed by atoms with Gasteiger partial charge in [0.15, 0.2) is 5.72 Å². The Morgan fingerprint density at radius 3 is 2.67 bits per heavy atom. The van der Waals surface area contributed by atoms with Crippen molar-refractivity contribution < 1.29 is 9.90 Å². The molecule has 9 heavy (non-hydrogen) atoms. The summed E-state index contributed by atoms with van der Waals surface area (Å²) in [6.07, 6.45) is 1.24. The maximum Gasteiger partial charge on any atom is 0.264 e. The third-order valence-electron chi connectivity index (χ3n) is 1.54. The molecule has 0 aromatic carbocycles. The highest BCUT2D eigenvalue weighted by Gasteiger charge is 2.36. The van der Waals surface area contributed by atoms with E-state index in [0.717, 1.165) is 6.42 Å². The maximum atomic E-state index is 10.4. The molecule has 1 heterocycles. The summed E-state index contributed by atoms with van der Waals surface area (Å²) in [5, 5.41) is 11.8. The summed E-state index contributed by atoms with van der Waals surface area (Å²) >= 11 is 0. The third-order valence-corrected chi connectivity index (χ3v) is 1.54. The Labute approximate surface area is 53.0 Å². The van der Waals surface area contributed by atoms with Crippen molar-refractivity contribution in [3.8, 4) is 0 Å². The summed E-state index contributed by atoms with van der Waals surface area (Å²) < 4.78 is 0. The number of hydrogen-bond acceptors (Lipinski definition) is 3. The van der Waals surface area contributed by atoms with Gasteiger partial charge in [-0.05, 0) is 13.0 Å². The zero-order chi connectivity index (χ0) is 6.91. The number of hydrogen-bond donors (Lipinski definition) is 3. The van der Waals surface area contributed by atoms with Crippen LogP contribution in [0, 0.1) is 0 Å². The fourth-order valence-corrected chi connectivity index (χ4v) is 0.938. The van der Waals surface area contributed by atoms with Crippen molar-refractivity contribution >= 4 is 5.91 Å². The van der Waals surface area contributed by atoms with Crippen molar-refractivity contribution in [1.29, 1.82) is 0 Å². The molecule has 1 saturated heterocycles. The molecule has 4 heteroatoms. The topological polar surface area (TPSA) is 75.4 Å². The van der Waals surface area contributed by atoms with Crippen LogP contribution < -0.4 is 11.1 Å². The number of aliphatic hydroxyl groups is 1. The first-order valence-electron chi connectivity index (χ1n) is 2.92. The van der Waals surface area contributed by atoms with Gasteiger partial charge in [0.25, 0.3) is 5.91 Å². The molecule has 0 aliphatic carbocycles. The SMILES string of the molecule is NC(=O)[C@@]1(O)CCCN1. The van der Waals surface area contributed by atoms with Gasteiger partial charge >= 0.3 is 0 Å². The van der Waals surface area contributed by atoms with E-state index in [4.69, 9.17) is 5.73 Å². The number of primary amides is 1. The summed E-state index contributed by atoms with van der Waals surface area (Å²) in [5.74, 6) is -0.681. The molecule has 1 atom stereocenters. The summed E-state index contributed by atoms with van der Waals surface area (Å²) in [7, 11) is 0. The van der Waals surface area contributed by atoms with Gasteiger partial charge in [-0.25, -0.2) is 0 Å². The van der Waals surface area contributed by atoms with Gasteiger partial charge in [0.1, 0.15) is 0 Å². The Kier molecular flexibility index (Phi) is 1.42. The highest BCUT2D eigenvalue weighted by Crippen LogP contribution is 2.14. The monoisotopic (exact) mass is 130 g/mol. The van der Waals surface area contributed by atoms with Crippen molar-refractivity contribution in [2.24, 2.45) is 5.73 Å².